The van der Waals surface area contributed by atoms with E-state index >= 15 is 0 Å². The zero-order chi connectivity index (χ0) is 18.8. The van der Waals surface area contributed by atoms with Crippen molar-refractivity contribution in [3.8, 4) is 5.75 Å². The van der Waals surface area contributed by atoms with Crippen LogP contribution in [-0.4, -0.2) is 51.1 Å². The third-order valence-electron chi connectivity index (χ3n) is 4.51. The minimum atomic E-state index is -1.50. The van der Waals surface area contributed by atoms with E-state index in [1.807, 2.05) is 0 Å². The number of rotatable bonds is 4. The summed E-state index contributed by atoms with van der Waals surface area (Å²) in [6, 6.07) is 11.7. The number of phenols is 1. The normalized spacial score (nSPS) is 28.7. The van der Waals surface area contributed by atoms with Crippen LogP contribution in [0.3, 0.4) is 0 Å². The summed E-state index contributed by atoms with van der Waals surface area (Å²) in [5, 5.41) is 39.9. The summed E-state index contributed by atoms with van der Waals surface area (Å²) in [5.74, 6) is 0.166. The van der Waals surface area contributed by atoms with Crippen LogP contribution in [0.1, 0.15) is 22.8 Å². The number of aliphatic hydroxyl groups is 3. The minimum Gasteiger partial charge on any atom is -0.508 e. The Kier molecular flexibility index (Phi) is 5.60. The Balaban J connectivity index is 1.88. The maximum atomic E-state index is 11.1. The van der Waals surface area contributed by atoms with E-state index in [1.54, 1.807) is 42.5 Å². The molecule has 1 heterocycles. The first-order valence-corrected chi connectivity index (χ1v) is 8.49. The highest BCUT2D eigenvalue weighted by Crippen LogP contribution is 2.34. The Hall–Kier alpha value is -1.96. The first kappa shape index (κ1) is 18.8. The predicted molar refractivity (Wildman–Crippen MR) is 94.1 cm³/mol. The summed E-state index contributed by atoms with van der Waals surface area (Å²) in [4.78, 5) is 11.1. The highest BCUT2D eigenvalue weighted by atomic mass is 35.5. The molecule has 138 valence electrons. The fourth-order valence-corrected chi connectivity index (χ4v) is 3.22. The Morgan fingerprint density at radius 2 is 1.69 bits per heavy atom. The Labute approximate surface area is 155 Å². The van der Waals surface area contributed by atoms with Crippen LogP contribution in [0.4, 0.5) is 0 Å². The van der Waals surface area contributed by atoms with Gasteiger partial charge in [-0.15, -0.1) is 0 Å². The van der Waals surface area contributed by atoms with E-state index in [9.17, 15) is 25.2 Å². The summed E-state index contributed by atoms with van der Waals surface area (Å²) in [6.07, 6.45) is -5.68. The molecule has 0 aromatic heterocycles. The van der Waals surface area contributed by atoms with Gasteiger partial charge in [-0.25, -0.2) is 0 Å². The van der Waals surface area contributed by atoms with Gasteiger partial charge >= 0.3 is 0 Å². The molecule has 0 spiro atoms. The summed E-state index contributed by atoms with van der Waals surface area (Å²) in [5.41, 5.74) is 2.22. The molecule has 0 aliphatic carbocycles. The van der Waals surface area contributed by atoms with Gasteiger partial charge in [0.05, 0.1) is 0 Å². The average Bonchev–Trinajstić information content (AvgIpc) is 2.64. The first-order valence-electron chi connectivity index (χ1n) is 8.12. The molecule has 1 fully saturated rings. The topological polar surface area (TPSA) is 107 Å². The average molecular weight is 379 g/mol. The Morgan fingerprint density at radius 3 is 2.35 bits per heavy atom. The van der Waals surface area contributed by atoms with Gasteiger partial charge in [0, 0.05) is 5.02 Å². The largest absolute Gasteiger partial charge is 0.508 e. The lowest BCUT2D eigenvalue weighted by molar-refractivity contribution is -0.217. The molecule has 1 aliphatic rings. The maximum Gasteiger partial charge on any atom is 0.151 e. The SMILES string of the molecule is O=CC1OC(c2ccc(Cl)c(Cc3ccc(O)cc3)c2)C(O)C(O)C1O. The maximum absolute atomic E-state index is 11.1. The predicted octanol–water partition coefficient (Wildman–Crippen LogP) is 1.36. The first-order chi connectivity index (χ1) is 12.4. The molecule has 4 N–H and O–H groups in total. The third-order valence-corrected chi connectivity index (χ3v) is 4.88. The number of aromatic hydroxyl groups is 1. The number of carbonyl (C=O) groups excluding carboxylic acids is 1. The van der Waals surface area contributed by atoms with E-state index in [0.29, 0.717) is 23.3 Å². The molecule has 26 heavy (non-hydrogen) atoms. The van der Waals surface area contributed by atoms with Crippen LogP contribution in [0.5, 0.6) is 5.75 Å². The van der Waals surface area contributed by atoms with Gasteiger partial charge in [-0.2, -0.15) is 0 Å². The van der Waals surface area contributed by atoms with Crippen molar-refractivity contribution in [3.63, 3.8) is 0 Å². The quantitative estimate of drug-likeness (QED) is 0.598. The number of aldehydes is 1. The highest BCUT2D eigenvalue weighted by molar-refractivity contribution is 6.31. The zero-order valence-electron chi connectivity index (χ0n) is 13.7. The van der Waals surface area contributed by atoms with Crippen LogP contribution < -0.4 is 0 Å². The summed E-state index contributed by atoms with van der Waals surface area (Å²) in [6.45, 7) is 0. The monoisotopic (exact) mass is 378 g/mol. The molecule has 2 aromatic rings. The molecule has 5 unspecified atom stereocenters. The van der Waals surface area contributed by atoms with Crippen molar-refractivity contribution in [1.82, 2.24) is 0 Å². The van der Waals surface area contributed by atoms with Crippen molar-refractivity contribution in [2.24, 2.45) is 0 Å². The minimum absolute atomic E-state index is 0.166. The van der Waals surface area contributed by atoms with Gasteiger partial charge in [0.25, 0.3) is 0 Å². The second kappa shape index (κ2) is 7.73. The Bertz CT molecular complexity index is 778. The molecular formula is C19H19ClO6. The molecular weight excluding hydrogens is 360 g/mol. The van der Waals surface area contributed by atoms with Crippen molar-refractivity contribution in [3.05, 3.63) is 64.2 Å². The van der Waals surface area contributed by atoms with Gasteiger partial charge in [0.2, 0.25) is 0 Å². The van der Waals surface area contributed by atoms with Crippen molar-refractivity contribution >= 4 is 17.9 Å². The number of halogens is 1. The number of phenolic OH excluding ortho intramolecular Hbond substituents is 1. The van der Waals surface area contributed by atoms with Gasteiger partial charge in [-0.05, 0) is 41.3 Å². The Morgan fingerprint density at radius 1 is 1.00 bits per heavy atom. The number of benzene rings is 2. The standard InChI is InChI=1S/C19H19ClO6/c20-14-6-3-11(8-12(14)7-10-1-4-13(22)5-2-10)19-18(25)17(24)16(23)15(9-21)26-19/h1-6,8-9,15-19,22-25H,7H2. The van der Waals surface area contributed by atoms with Crippen molar-refractivity contribution in [2.45, 2.75) is 36.9 Å². The van der Waals surface area contributed by atoms with E-state index in [4.69, 9.17) is 16.3 Å². The lowest BCUT2D eigenvalue weighted by Crippen LogP contribution is -2.54. The second-order valence-electron chi connectivity index (χ2n) is 6.32. The van der Waals surface area contributed by atoms with Crippen LogP contribution in [0.2, 0.25) is 5.02 Å². The molecule has 0 bridgehead atoms. The fraction of sp³-hybridized carbons (Fsp3) is 0.316. The van der Waals surface area contributed by atoms with Crippen LogP contribution in [0.25, 0.3) is 0 Å². The fourth-order valence-electron chi connectivity index (χ4n) is 3.03. The van der Waals surface area contributed by atoms with Crippen LogP contribution in [-0.2, 0) is 16.0 Å². The lowest BCUT2D eigenvalue weighted by atomic mass is 9.90. The second-order valence-corrected chi connectivity index (χ2v) is 6.73. The number of aliphatic hydroxyl groups excluding tert-OH is 3. The van der Waals surface area contributed by atoms with Gasteiger partial charge in [-0.3, -0.25) is 0 Å². The van der Waals surface area contributed by atoms with Crippen molar-refractivity contribution in [1.29, 1.82) is 0 Å². The molecule has 1 aliphatic heterocycles. The summed E-state index contributed by atoms with van der Waals surface area (Å²) in [7, 11) is 0. The van der Waals surface area contributed by atoms with E-state index < -0.39 is 30.5 Å². The number of ether oxygens (including phenoxy) is 1. The smallest absolute Gasteiger partial charge is 0.151 e. The molecule has 0 radical (unpaired) electrons. The number of carbonyl (C=O) groups is 1. The van der Waals surface area contributed by atoms with E-state index in [0.717, 1.165) is 11.1 Å². The van der Waals surface area contributed by atoms with Gasteiger partial charge in [-0.1, -0.05) is 35.9 Å². The third kappa shape index (κ3) is 3.75. The molecule has 6 nitrogen and oxygen atoms in total. The van der Waals surface area contributed by atoms with Crippen LogP contribution >= 0.6 is 11.6 Å². The zero-order valence-corrected chi connectivity index (χ0v) is 14.5. The molecule has 3 rings (SSSR count). The van der Waals surface area contributed by atoms with Gasteiger partial charge in [0.15, 0.2) is 6.29 Å². The molecule has 2 aromatic carbocycles. The number of hydrogen-bond donors (Lipinski definition) is 4. The summed E-state index contributed by atoms with van der Waals surface area (Å²) >= 11 is 6.26. The van der Waals surface area contributed by atoms with Crippen molar-refractivity contribution < 1.29 is 30.0 Å². The van der Waals surface area contributed by atoms with Crippen LogP contribution in [0.15, 0.2) is 42.5 Å². The van der Waals surface area contributed by atoms with Gasteiger partial charge < -0.3 is 30.0 Å². The van der Waals surface area contributed by atoms with E-state index in [2.05, 4.69) is 0 Å². The van der Waals surface area contributed by atoms with Gasteiger partial charge in [0.1, 0.15) is 36.3 Å². The lowest BCUT2D eigenvalue weighted by Gasteiger charge is -2.39. The van der Waals surface area contributed by atoms with E-state index in [1.165, 1.54) is 0 Å². The van der Waals surface area contributed by atoms with E-state index in [-0.39, 0.29) is 5.75 Å². The summed E-state index contributed by atoms with van der Waals surface area (Å²) < 4.78 is 5.47. The highest BCUT2D eigenvalue weighted by Gasteiger charge is 2.44. The molecule has 5 atom stereocenters. The molecule has 0 amide bonds. The molecule has 1 saturated heterocycles. The van der Waals surface area contributed by atoms with Crippen molar-refractivity contribution in [2.75, 3.05) is 0 Å². The molecule has 7 heteroatoms. The van der Waals surface area contributed by atoms with Crippen LogP contribution in [0, 0.1) is 0 Å². The number of hydrogen-bond acceptors (Lipinski definition) is 6. The molecule has 0 saturated carbocycles.